The quantitative estimate of drug-likeness (QED) is 0.273. The predicted molar refractivity (Wildman–Crippen MR) is 147 cm³/mol. The van der Waals surface area contributed by atoms with E-state index in [1.807, 2.05) is 25.1 Å². The summed E-state index contributed by atoms with van der Waals surface area (Å²) in [5.41, 5.74) is 5.72. The number of rotatable bonds is 8. The first kappa shape index (κ1) is 25.6. The minimum absolute atomic E-state index is 0.169. The van der Waals surface area contributed by atoms with Gasteiger partial charge in [-0.05, 0) is 72.7 Å². The number of carbonyl (C=O) groups excluding carboxylic acids is 1. The Labute approximate surface area is 230 Å². The number of hydrogen-bond donors (Lipinski definition) is 1. The summed E-state index contributed by atoms with van der Waals surface area (Å²) in [7, 11) is 0. The molecule has 0 bridgehead atoms. The molecule has 1 saturated carbocycles. The highest BCUT2D eigenvalue weighted by molar-refractivity contribution is 6.30. The number of amides is 1. The van der Waals surface area contributed by atoms with Gasteiger partial charge in [0.15, 0.2) is 0 Å². The van der Waals surface area contributed by atoms with Gasteiger partial charge < -0.3 is 15.0 Å². The lowest BCUT2D eigenvalue weighted by molar-refractivity contribution is -0.0498. The fourth-order valence-electron chi connectivity index (χ4n) is 5.99. The Hall–Kier alpha value is -3.65. The third-order valence-corrected chi connectivity index (χ3v) is 8.17. The van der Waals surface area contributed by atoms with E-state index >= 15 is 0 Å². The summed E-state index contributed by atoms with van der Waals surface area (Å²) < 4.78 is 30.9. The first-order chi connectivity index (χ1) is 18.8. The van der Waals surface area contributed by atoms with Crippen LogP contribution in [0, 0.1) is 5.41 Å². The molecule has 202 valence electrons. The Morgan fingerprint density at radius 3 is 2.49 bits per heavy atom. The first-order valence-corrected chi connectivity index (χ1v) is 13.5. The number of aromatic nitrogens is 2. The van der Waals surface area contributed by atoms with Crippen molar-refractivity contribution in [1.82, 2.24) is 14.7 Å². The number of hydrogen-bond acceptors (Lipinski definition) is 4. The minimum Gasteiger partial charge on any atom is -0.435 e. The molecule has 0 atom stereocenters. The molecule has 9 heteroatoms. The highest BCUT2D eigenvalue weighted by atomic mass is 35.5. The van der Waals surface area contributed by atoms with Gasteiger partial charge in [0.2, 0.25) is 0 Å². The molecule has 1 N–H and O–H groups in total. The van der Waals surface area contributed by atoms with Crippen LogP contribution in [0.25, 0.3) is 5.65 Å². The van der Waals surface area contributed by atoms with Gasteiger partial charge >= 0.3 is 6.61 Å². The maximum absolute atomic E-state index is 13.1. The van der Waals surface area contributed by atoms with E-state index in [9.17, 15) is 13.6 Å². The minimum atomic E-state index is -2.81. The SMILES string of the molecule is CCc1nc2ccc(Cl)cn2c1C(=O)NCc1ccc(C2CC3(C2)CN(c2ccc(OC(F)F)cc2)C3)cc1. The van der Waals surface area contributed by atoms with Crippen LogP contribution in [-0.4, -0.2) is 35.0 Å². The molecular formula is C30H29ClF2N4O2. The van der Waals surface area contributed by atoms with Crippen molar-refractivity contribution in [3.63, 3.8) is 0 Å². The molecule has 0 unspecified atom stereocenters. The highest BCUT2D eigenvalue weighted by Gasteiger charge is 2.52. The van der Waals surface area contributed by atoms with Crippen LogP contribution in [0.15, 0.2) is 66.9 Å². The zero-order valence-corrected chi connectivity index (χ0v) is 22.3. The Kier molecular flexibility index (Phi) is 6.67. The summed E-state index contributed by atoms with van der Waals surface area (Å²) in [4.78, 5) is 19.9. The summed E-state index contributed by atoms with van der Waals surface area (Å²) in [6, 6.07) is 19.0. The van der Waals surface area contributed by atoms with E-state index < -0.39 is 6.61 Å². The summed E-state index contributed by atoms with van der Waals surface area (Å²) >= 11 is 6.15. The molecule has 1 saturated heterocycles. The Bertz CT molecular complexity index is 1490. The molecule has 1 spiro atoms. The number of halogens is 3. The number of alkyl halides is 2. The second-order valence-corrected chi connectivity index (χ2v) is 11.0. The van der Waals surface area contributed by atoms with Crippen LogP contribution in [0.3, 0.4) is 0 Å². The maximum atomic E-state index is 13.1. The topological polar surface area (TPSA) is 58.9 Å². The maximum Gasteiger partial charge on any atom is 0.387 e. The van der Waals surface area contributed by atoms with Gasteiger partial charge in [0.1, 0.15) is 17.1 Å². The van der Waals surface area contributed by atoms with E-state index in [4.69, 9.17) is 11.6 Å². The van der Waals surface area contributed by atoms with Gasteiger partial charge in [0.25, 0.3) is 5.91 Å². The zero-order chi connectivity index (χ0) is 27.1. The lowest BCUT2D eigenvalue weighted by atomic mass is 9.56. The number of carbonyl (C=O) groups is 1. The Morgan fingerprint density at radius 2 is 1.82 bits per heavy atom. The molecule has 2 aromatic carbocycles. The lowest BCUT2D eigenvalue weighted by Gasteiger charge is -2.60. The number of imidazole rings is 1. The number of aryl methyl sites for hydroxylation is 1. The number of pyridine rings is 1. The lowest BCUT2D eigenvalue weighted by Crippen LogP contribution is -2.61. The van der Waals surface area contributed by atoms with Crippen LogP contribution in [-0.2, 0) is 13.0 Å². The van der Waals surface area contributed by atoms with Crippen molar-refractivity contribution in [1.29, 1.82) is 0 Å². The van der Waals surface area contributed by atoms with E-state index in [0.29, 0.717) is 40.7 Å². The summed E-state index contributed by atoms with van der Waals surface area (Å²) in [5, 5.41) is 3.59. The van der Waals surface area contributed by atoms with Crippen LogP contribution >= 0.6 is 11.6 Å². The van der Waals surface area contributed by atoms with E-state index in [-0.39, 0.29) is 11.7 Å². The Balaban J connectivity index is 1.01. The second kappa shape index (κ2) is 10.2. The normalized spacial score (nSPS) is 16.4. The number of nitrogens with zero attached hydrogens (tertiary/aromatic N) is 3. The average Bonchev–Trinajstić information content (AvgIpc) is 3.24. The van der Waals surface area contributed by atoms with Gasteiger partial charge in [-0.25, -0.2) is 4.98 Å². The fraction of sp³-hybridized carbons (Fsp3) is 0.333. The number of fused-ring (bicyclic) bond motifs is 1. The predicted octanol–water partition coefficient (Wildman–Crippen LogP) is 6.47. The summed E-state index contributed by atoms with van der Waals surface area (Å²) in [6.45, 7) is 1.57. The Morgan fingerprint density at radius 1 is 1.10 bits per heavy atom. The molecule has 6 nitrogen and oxygen atoms in total. The van der Waals surface area contributed by atoms with E-state index in [2.05, 4.69) is 44.2 Å². The standard InChI is InChI=1S/C30H29ClF2N4O2/c1-2-25-27(37-16-22(31)7-12-26(37)35-25)28(38)34-15-19-3-5-20(6-4-19)21-13-30(14-21)17-36(18-30)23-8-10-24(11-9-23)39-29(32)33/h3-12,16,21,29H,2,13-15,17-18H2,1H3,(H,34,38). The number of nitrogens with one attached hydrogen (secondary N) is 1. The van der Waals surface area contributed by atoms with Crippen LogP contribution in [0.1, 0.15) is 53.0 Å². The van der Waals surface area contributed by atoms with Gasteiger partial charge in [0.05, 0.1) is 10.7 Å². The fourth-order valence-corrected chi connectivity index (χ4v) is 6.15. The molecule has 39 heavy (non-hydrogen) atoms. The molecule has 0 radical (unpaired) electrons. The summed E-state index contributed by atoms with van der Waals surface area (Å²) in [6.07, 6.45) is 4.66. The van der Waals surface area contributed by atoms with E-state index in [1.54, 1.807) is 28.8 Å². The number of ether oxygens (including phenoxy) is 1. The molecule has 1 amide bonds. The monoisotopic (exact) mass is 550 g/mol. The summed E-state index contributed by atoms with van der Waals surface area (Å²) in [5.74, 6) is 0.548. The third kappa shape index (κ3) is 5.05. The first-order valence-electron chi connectivity index (χ1n) is 13.2. The van der Waals surface area contributed by atoms with Gasteiger partial charge in [-0.15, -0.1) is 0 Å². The molecule has 1 aliphatic carbocycles. The smallest absolute Gasteiger partial charge is 0.387 e. The van der Waals surface area contributed by atoms with Gasteiger partial charge in [0, 0.05) is 36.9 Å². The number of benzene rings is 2. The molecule has 1 aliphatic heterocycles. The second-order valence-electron chi connectivity index (χ2n) is 10.6. The van der Waals surface area contributed by atoms with Crippen LogP contribution in [0.4, 0.5) is 14.5 Å². The molecule has 6 rings (SSSR count). The van der Waals surface area contributed by atoms with Gasteiger partial charge in [-0.1, -0.05) is 42.8 Å². The largest absolute Gasteiger partial charge is 0.435 e. The molecule has 4 aromatic rings. The molecule has 2 aromatic heterocycles. The van der Waals surface area contributed by atoms with Crippen LogP contribution < -0.4 is 15.0 Å². The molecule has 2 aliphatic rings. The van der Waals surface area contributed by atoms with Crippen molar-refractivity contribution >= 4 is 28.8 Å². The molecule has 3 heterocycles. The van der Waals surface area contributed by atoms with Crippen molar-refractivity contribution in [2.45, 2.75) is 45.3 Å². The van der Waals surface area contributed by atoms with Gasteiger partial charge in [-0.3, -0.25) is 9.20 Å². The van der Waals surface area contributed by atoms with Crippen molar-refractivity contribution in [3.05, 3.63) is 94.4 Å². The van der Waals surface area contributed by atoms with Crippen molar-refractivity contribution in [2.24, 2.45) is 5.41 Å². The van der Waals surface area contributed by atoms with Crippen LogP contribution in [0.5, 0.6) is 5.75 Å². The van der Waals surface area contributed by atoms with Crippen molar-refractivity contribution < 1.29 is 18.3 Å². The molecule has 2 fully saturated rings. The number of anilines is 1. The average molecular weight is 551 g/mol. The van der Waals surface area contributed by atoms with Crippen molar-refractivity contribution in [3.8, 4) is 5.75 Å². The van der Waals surface area contributed by atoms with Crippen molar-refractivity contribution in [2.75, 3.05) is 18.0 Å². The van der Waals surface area contributed by atoms with E-state index in [0.717, 1.165) is 42.9 Å². The third-order valence-electron chi connectivity index (χ3n) is 7.95. The van der Waals surface area contributed by atoms with Crippen LogP contribution in [0.2, 0.25) is 5.02 Å². The highest BCUT2D eigenvalue weighted by Crippen LogP contribution is 2.56. The van der Waals surface area contributed by atoms with Gasteiger partial charge in [-0.2, -0.15) is 8.78 Å². The van der Waals surface area contributed by atoms with E-state index in [1.165, 1.54) is 5.56 Å². The zero-order valence-electron chi connectivity index (χ0n) is 21.5. The molecular weight excluding hydrogens is 522 g/mol.